The van der Waals surface area contributed by atoms with Gasteiger partial charge in [0.25, 0.3) is 0 Å². The van der Waals surface area contributed by atoms with E-state index in [0.29, 0.717) is 6.04 Å². The standard InChI is InChI=1S/C17H27N/c1-14-7-6-10-16(13-14)17(18-2)12-11-15-8-4-3-5-9-15/h3-5,8-9,14,16-18H,6-7,10-13H2,1-2H3. The first-order chi connectivity index (χ1) is 8.79. The Morgan fingerprint density at radius 2 is 2.00 bits per heavy atom. The van der Waals surface area contributed by atoms with Gasteiger partial charge in [-0.3, -0.25) is 0 Å². The predicted octanol–water partition coefficient (Wildman–Crippen LogP) is 4.03. The maximum Gasteiger partial charge on any atom is 0.00955 e. The minimum atomic E-state index is 0.702. The number of hydrogen-bond donors (Lipinski definition) is 1. The summed E-state index contributed by atoms with van der Waals surface area (Å²) in [5, 5.41) is 3.56. The highest BCUT2D eigenvalue weighted by molar-refractivity contribution is 5.14. The van der Waals surface area contributed by atoms with E-state index in [1.807, 2.05) is 0 Å². The lowest BCUT2D eigenvalue weighted by Crippen LogP contribution is -2.36. The molecule has 1 aromatic carbocycles. The van der Waals surface area contributed by atoms with Gasteiger partial charge in [-0.25, -0.2) is 0 Å². The Labute approximate surface area is 112 Å². The number of aryl methyl sites for hydroxylation is 1. The van der Waals surface area contributed by atoms with Crippen molar-refractivity contribution in [1.82, 2.24) is 5.32 Å². The second kappa shape index (κ2) is 6.94. The maximum absolute atomic E-state index is 3.56. The number of rotatable bonds is 5. The highest BCUT2D eigenvalue weighted by Gasteiger charge is 2.25. The molecule has 18 heavy (non-hydrogen) atoms. The Morgan fingerprint density at radius 3 is 2.67 bits per heavy atom. The lowest BCUT2D eigenvalue weighted by atomic mass is 9.77. The van der Waals surface area contributed by atoms with E-state index < -0.39 is 0 Å². The number of benzene rings is 1. The van der Waals surface area contributed by atoms with Crippen LogP contribution >= 0.6 is 0 Å². The summed E-state index contributed by atoms with van der Waals surface area (Å²) in [6, 6.07) is 11.6. The number of hydrogen-bond acceptors (Lipinski definition) is 1. The molecule has 3 unspecified atom stereocenters. The molecule has 1 aliphatic carbocycles. The lowest BCUT2D eigenvalue weighted by Gasteiger charge is -2.33. The molecular weight excluding hydrogens is 218 g/mol. The van der Waals surface area contributed by atoms with Crippen molar-refractivity contribution < 1.29 is 0 Å². The van der Waals surface area contributed by atoms with E-state index in [1.165, 1.54) is 44.1 Å². The molecule has 1 N–H and O–H groups in total. The zero-order valence-corrected chi connectivity index (χ0v) is 11.9. The van der Waals surface area contributed by atoms with Crippen LogP contribution in [0, 0.1) is 11.8 Å². The molecule has 0 heterocycles. The zero-order valence-electron chi connectivity index (χ0n) is 11.9. The maximum atomic E-state index is 3.56. The summed E-state index contributed by atoms with van der Waals surface area (Å²) in [6.07, 6.45) is 8.18. The zero-order chi connectivity index (χ0) is 12.8. The van der Waals surface area contributed by atoms with Gasteiger partial charge in [0.05, 0.1) is 0 Å². The molecule has 0 saturated heterocycles. The Morgan fingerprint density at radius 1 is 1.22 bits per heavy atom. The van der Waals surface area contributed by atoms with Crippen LogP contribution in [0.3, 0.4) is 0 Å². The van der Waals surface area contributed by atoms with Crippen LogP contribution < -0.4 is 5.32 Å². The van der Waals surface area contributed by atoms with Crippen LogP contribution in [0.1, 0.15) is 44.6 Å². The molecule has 1 saturated carbocycles. The molecule has 1 nitrogen and oxygen atoms in total. The van der Waals surface area contributed by atoms with Crippen molar-refractivity contribution in [2.75, 3.05) is 7.05 Å². The fourth-order valence-electron chi connectivity index (χ4n) is 3.43. The van der Waals surface area contributed by atoms with E-state index in [-0.39, 0.29) is 0 Å². The van der Waals surface area contributed by atoms with Crippen molar-refractivity contribution in [2.24, 2.45) is 11.8 Å². The third-order valence-corrected chi connectivity index (χ3v) is 4.50. The van der Waals surface area contributed by atoms with Crippen LogP contribution in [0.25, 0.3) is 0 Å². The van der Waals surface area contributed by atoms with E-state index in [4.69, 9.17) is 0 Å². The highest BCUT2D eigenvalue weighted by atomic mass is 14.9. The van der Waals surface area contributed by atoms with Crippen LogP contribution in [0.4, 0.5) is 0 Å². The van der Waals surface area contributed by atoms with Crippen LogP contribution in [-0.2, 0) is 6.42 Å². The Hall–Kier alpha value is -0.820. The second-order valence-electron chi connectivity index (χ2n) is 5.95. The van der Waals surface area contributed by atoms with Crippen molar-refractivity contribution in [3.8, 4) is 0 Å². The Bertz CT molecular complexity index is 333. The first kappa shape index (κ1) is 13.6. The van der Waals surface area contributed by atoms with Crippen molar-refractivity contribution in [3.05, 3.63) is 35.9 Å². The Kier molecular flexibility index (Phi) is 5.25. The molecule has 0 aromatic heterocycles. The summed E-state index contributed by atoms with van der Waals surface area (Å²) < 4.78 is 0. The predicted molar refractivity (Wildman–Crippen MR) is 78.7 cm³/mol. The molecule has 1 aromatic rings. The van der Waals surface area contributed by atoms with Gasteiger partial charge < -0.3 is 5.32 Å². The van der Waals surface area contributed by atoms with E-state index in [0.717, 1.165) is 11.8 Å². The van der Waals surface area contributed by atoms with E-state index >= 15 is 0 Å². The first-order valence-corrected chi connectivity index (χ1v) is 7.50. The van der Waals surface area contributed by atoms with Gasteiger partial charge in [0.2, 0.25) is 0 Å². The molecule has 0 spiro atoms. The van der Waals surface area contributed by atoms with Crippen molar-refractivity contribution in [1.29, 1.82) is 0 Å². The smallest absolute Gasteiger partial charge is 0.00955 e. The molecule has 0 aliphatic heterocycles. The van der Waals surface area contributed by atoms with Gasteiger partial charge in [0.15, 0.2) is 0 Å². The van der Waals surface area contributed by atoms with Gasteiger partial charge >= 0.3 is 0 Å². The van der Waals surface area contributed by atoms with E-state index in [9.17, 15) is 0 Å². The molecule has 0 bridgehead atoms. The molecule has 2 rings (SSSR count). The van der Waals surface area contributed by atoms with Crippen molar-refractivity contribution >= 4 is 0 Å². The van der Waals surface area contributed by atoms with Crippen LogP contribution in [0.2, 0.25) is 0 Å². The molecular formula is C17H27N. The summed E-state index contributed by atoms with van der Waals surface area (Å²) in [5.41, 5.74) is 1.47. The van der Waals surface area contributed by atoms with Gasteiger partial charge in [-0.2, -0.15) is 0 Å². The van der Waals surface area contributed by atoms with Gasteiger partial charge in [0.1, 0.15) is 0 Å². The summed E-state index contributed by atoms with van der Waals surface area (Å²) in [4.78, 5) is 0. The quantitative estimate of drug-likeness (QED) is 0.825. The Balaban J connectivity index is 1.85. The second-order valence-corrected chi connectivity index (χ2v) is 5.95. The summed E-state index contributed by atoms with van der Waals surface area (Å²) >= 11 is 0. The fraction of sp³-hybridized carbons (Fsp3) is 0.647. The fourth-order valence-corrected chi connectivity index (χ4v) is 3.43. The highest BCUT2D eigenvalue weighted by Crippen LogP contribution is 2.32. The monoisotopic (exact) mass is 245 g/mol. The van der Waals surface area contributed by atoms with Gasteiger partial charge in [-0.15, -0.1) is 0 Å². The van der Waals surface area contributed by atoms with Gasteiger partial charge in [-0.05, 0) is 50.1 Å². The summed E-state index contributed by atoms with van der Waals surface area (Å²) in [5.74, 6) is 1.82. The molecule has 1 heteroatoms. The van der Waals surface area contributed by atoms with Crippen LogP contribution in [0.5, 0.6) is 0 Å². The molecule has 0 radical (unpaired) electrons. The molecule has 1 fully saturated rings. The molecule has 3 atom stereocenters. The third kappa shape index (κ3) is 3.84. The first-order valence-electron chi connectivity index (χ1n) is 7.50. The molecule has 0 amide bonds. The van der Waals surface area contributed by atoms with E-state index in [1.54, 1.807) is 0 Å². The normalized spacial score (nSPS) is 25.9. The summed E-state index contributed by atoms with van der Waals surface area (Å²) in [7, 11) is 2.13. The van der Waals surface area contributed by atoms with Gasteiger partial charge in [-0.1, -0.05) is 50.1 Å². The largest absolute Gasteiger partial charge is 0.317 e. The van der Waals surface area contributed by atoms with Crippen LogP contribution in [-0.4, -0.2) is 13.1 Å². The summed E-state index contributed by atoms with van der Waals surface area (Å²) in [6.45, 7) is 2.41. The van der Waals surface area contributed by atoms with Crippen molar-refractivity contribution in [3.63, 3.8) is 0 Å². The third-order valence-electron chi connectivity index (χ3n) is 4.50. The van der Waals surface area contributed by atoms with Gasteiger partial charge in [0, 0.05) is 6.04 Å². The van der Waals surface area contributed by atoms with Crippen molar-refractivity contribution in [2.45, 2.75) is 51.5 Å². The minimum absolute atomic E-state index is 0.702. The molecule has 100 valence electrons. The molecule has 1 aliphatic rings. The lowest BCUT2D eigenvalue weighted by molar-refractivity contribution is 0.221. The van der Waals surface area contributed by atoms with Crippen LogP contribution in [0.15, 0.2) is 30.3 Å². The minimum Gasteiger partial charge on any atom is -0.317 e. The average Bonchev–Trinajstić information content (AvgIpc) is 2.41. The SMILES string of the molecule is CNC(CCc1ccccc1)C1CCCC(C)C1. The topological polar surface area (TPSA) is 12.0 Å². The van der Waals surface area contributed by atoms with E-state index in [2.05, 4.69) is 49.6 Å². The average molecular weight is 245 g/mol. The number of nitrogens with one attached hydrogen (secondary N) is 1.